The number of nitrogens with zero attached hydrogens (tertiary/aromatic N) is 2. The molecular formula is C12H7F3N4O. The third-order valence-electron chi connectivity index (χ3n) is 2.30. The lowest BCUT2D eigenvalue weighted by atomic mass is 10.2. The lowest BCUT2D eigenvalue weighted by molar-refractivity contribution is 0.395. The number of hydrogen-bond acceptors (Lipinski definition) is 5. The van der Waals surface area contributed by atoms with Crippen molar-refractivity contribution in [2.24, 2.45) is 5.84 Å². The van der Waals surface area contributed by atoms with Crippen LogP contribution in [0.25, 0.3) is 0 Å². The number of rotatable bonds is 3. The van der Waals surface area contributed by atoms with Crippen LogP contribution >= 0.6 is 0 Å². The van der Waals surface area contributed by atoms with E-state index in [1.165, 1.54) is 6.07 Å². The van der Waals surface area contributed by atoms with Crippen molar-refractivity contribution in [1.29, 1.82) is 5.26 Å². The van der Waals surface area contributed by atoms with Gasteiger partial charge in [-0.2, -0.15) is 10.2 Å². The highest BCUT2D eigenvalue weighted by Gasteiger charge is 2.15. The Labute approximate surface area is 111 Å². The molecule has 0 saturated heterocycles. The summed E-state index contributed by atoms with van der Waals surface area (Å²) >= 11 is 0. The third-order valence-corrected chi connectivity index (χ3v) is 2.30. The molecule has 1 aromatic carbocycles. The molecule has 3 N–H and O–H groups in total. The minimum absolute atomic E-state index is 0.0756. The Morgan fingerprint density at radius 2 is 1.90 bits per heavy atom. The fourth-order valence-electron chi connectivity index (χ4n) is 1.38. The van der Waals surface area contributed by atoms with Crippen LogP contribution in [0.15, 0.2) is 24.3 Å². The maximum Gasteiger partial charge on any atom is 0.258 e. The van der Waals surface area contributed by atoms with Gasteiger partial charge in [0.05, 0.1) is 11.6 Å². The maximum atomic E-state index is 13.6. The van der Waals surface area contributed by atoms with E-state index < -0.39 is 29.1 Å². The second-order valence-corrected chi connectivity index (χ2v) is 3.61. The van der Waals surface area contributed by atoms with Crippen molar-refractivity contribution >= 4 is 5.82 Å². The number of halogens is 3. The molecule has 0 saturated carbocycles. The number of hydrazine groups is 1. The van der Waals surface area contributed by atoms with Crippen LogP contribution in [0, 0.1) is 28.8 Å². The topological polar surface area (TPSA) is 84.0 Å². The molecule has 1 heterocycles. The van der Waals surface area contributed by atoms with Crippen LogP contribution in [0.1, 0.15) is 5.56 Å². The first kappa shape index (κ1) is 13.6. The number of pyridine rings is 1. The van der Waals surface area contributed by atoms with Crippen LogP contribution in [0.5, 0.6) is 11.6 Å². The third kappa shape index (κ3) is 2.62. The van der Waals surface area contributed by atoms with Gasteiger partial charge in [0.2, 0.25) is 0 Å². The molecule has 0 bridgehead atoms. The van der Waals surface area contributed by atoms with E-state index in [-0.39, 0.29) is 11.3 Å². The van der Waals surface area contributed by atoms with E-state index in [9.17, 15) is 13.2 Å². The van der Waals surface area contributed by atoms with Crippen LogP contribution < -0.4 is 16.0 Å². The number of nitriles is 1. The Morgan fingerprint density at radius 1 is 1.15 bits per heavy atom. The summed E-state index contributed by atoms with van der Waals surface area (Å²) in [6.45, 7) is 0. The van der Waals surface area contributed by atoms with Crippen LogP contribution in [-0.4, -0.2) is 4.98 Å². The summed E-state index contributed by atoms with van der Waals surface area (Å²) in [5, 5.41) is 8.59. The molecule has 8 heteroatoms. The summed E-state index contributed by atoms with van der Waals surface area (Å²) in [6, 6.07) is 5.56. The second kappa shape index (κ2) is 5.46. The average molecular weight is 280 g/mol. The highest BCUT2D eigenvalue weighted by molar-refractivity contribution is 5.41. The first-order chi connectivity index (χ1) is 9.55. The molecule has 2 rings (SSSR count). The van der Waals surface area contributed by atoms with E-state index in [2.05, 4.69) is 4.98 Å². The van der Waals surface area contributed by atoms with Gasteiger partial charge in [-0.15, -0.1) is 0 Å². The smallest absolute Gasteiger partial charge is 0.258 e. The lowest BCUT2D eigenvalue weighted by Gasteiger charge is -2.09. The number of benzene rings is 1. The molecule has 0 aliphatic heterocycles. The summed E-state index contributed by atoms with van der Waals surface area (Å²) in [7, 11) is 0. The number of ether oxygens (including phenoxy) is 1. The van der Waals surface area contributed by atoms with Crippen molar-refractivity contribution < 1.29 is 17.9 Å². The summed E-state index contributed by atoms with van der Waals surface area (Å²) < 4.78 is 45.1. The van der Waals surface area contributed by atoms with E-state index >= 15 is 0 Å². The second-order valence-electron chi connectivity index (χ2n) is 3.61. The lowest BCUT2D eigenvalue weighted by Crippen LogP contribution is -2.11. The number of anilines is 1. The van der Waals surface area contributed by atoms with Gasteiger partial charge in [0.15, 0.2) is 29.0 Å². The van der Waals surface area contributed by atoms with Gasteiger partial charge >= 0.3 is 0 Å². The zero-order valence-corrected chi connectivity index (χ0v) is 9.82. The first-order valence-corrected chi connectivity index (χ1v) is 5.25. The molecule has 20 heavy (non-hydrogen) atoms. The van der Waals surface area contributed by atoms with Crippen molar-refractivity contribution in [3.8, 4) is 17.7 Å². The van der Waals surface area contributed by atoms with Crippen LogP contribution in [0.2, 0.25) is 0 Å². The summed E-state index contributed by atoms with van der Waals surface area (Å²) in [5.74, 6) is 0.521. The molecule has 0 spiro atoms. The molecule has 0 aliphatic carbocycles. The van der Waals surface area contributed by atoms with Gasteiger partial charge in [0.25, 0.3) is 5.88 Å². The molecule has 102 valence electrons. The fourth-order valence-corrected chi connectivity index (χ4v) is 1.38. The molecule has 0 fully saturated rings. The predicted octanol–water partition coefficient (Wildman–Crippen LogP) is 2.45. The Hall–Kier alpha value is -2.79. The van der Waals surface area contributed by atoms with Crippen LogP contribution in [0.3, 0.4) is 0 Å². The maximum absolute atomic E-state index is 13.6. The SMILES string of the molecule is N#Cc1ccc(Oc2nc(NN)c(F)cc2F)c(F)c1. The quantitative estimate of drug-likeness (QED) is 0.666. The molecular weight excluding hydrogens is 273 g/mol. The van der Waals surface area contributed by atoms with Crippen LogP contribution in [-0.2, 0) is 0 Å². The monoisotopic (exact) mass is 280 g/mol. The van der Waals surface area contributed by atoms with Gasteiger partial charge in [-0.1, -0.05) is 0 Å². The molecule has 0 unspecified atom stereocenters. The van der Waals surface area contributed by atoms with Gasteiger partial charge < -0.3 is 10.2 Å². The number of nitrogens with one attached hydrogen (secondary N) is 1. The standard InChI is InChI=1S/C12H7F3N4O/c13-7-3-6(5-16)1-2-10(7)20-12-9(15)4-8(14)11(18-12)19-17/h1-4H,17H2,(H,18,19). The van der Waals surface area contributed by atoms with E-state index in [4.69, 9.17) is 15.8 Å². The molecule has 1 aromatic heterocycles. The zero-order valence-electron chi connectivity index (χ0n) is 9.82. The van der Waals surface area contributed by atoms with Gasteiger partial charge in [0.1, 0.15) is 0 Å². The van der Waals surface area contributed by atoms with Crippen molar-refractivity contribution in [3.63, 3.8) is 0 Å². The highest BCUT2D eigenvalue weighted by Crippen LogP contribution is 2.27. The Kier molecular flexibility index (Phi) is 3.72. The minimum Gasteiger partial charge on any atom is -0.433 e. The largest absolute Gasteiger partial charge is 0.433 e. The molecule has 2 aromatic rings. The van der Waals surface area contributed by atoms with Crippen molar-refractivity contribution in [3.05, 3.63) is 47.3 Å². The van der Waals surface area contributed by atoms with Gasteiger partial charge in [-0.3, -0.25) is 0 Å². The number of aromatic nitrogens is 1. The van der Waals surface area contributed by atoms with Gasteiger partial charge in [0, 0.05) is 6.07 Å². The Balaban J connectivity index is 2.37. The molecule has 5 nitrogen and oxygen atoms in total. The first-order valence-electron chi connectivity index (χ1n) is 5.25. The summed E-state index contributed by atoms with van der Waals surface area (Å²) in [4.78, 5) is 3.43. The van der Waals surface area contributed by atoms with E-state index in [0.29, 0.717) is 6.07 Å². The summed E-state index contributed by atoms with van der Waals surface area (Å²) in [5.41, 5.74) is 1.99. The fraction of sp³-hybridized carbons (Fsp3) is 0. The predicted molar refractivity (Wildman–Crippen MR) is 63.2 cm³/mol. The van der Waals surface area contributed by atoms with Crippen molar-refractivity contribution in [2.45, 2.75) is 0 Å². The van der Waals surface area contributed by atoms with Crippen molar-refractivity contribution in [2.75, 3.05) is 5.43 Å². The minimum atomic E-state index is -1.12. The van der Waals surface area contributed by atoms with E-state index in [1.807, 2.05) is 5.43 Å². The number of nitrogen functional groups attached to an aromatic ring is 1. The molecule has 0 aliphatic rings. The van der Waals surface area contributed by atoms with Gasteiger partial charge in [-0.05, 0) is 18.2 Å². The number of nitrogens with two attached hydrogens (primary N) is 1. The Morgan fingerprint density at radius 3 is 2.50 bits per heavy atom. The zero-order chi connectivity index (χ0) is 14.7. The highest BCUT2D eigenvalue weighted by atomic mass is 19.1. The summed E-state index contributed by atoms with van der Waals surface area (Å²) in [6.07, 6.45) is 0. The van der Waals surface area contributed by atoms with Crippen LogP contribution in [0.4, 0.5) is 19.0 Å². The normalized spacial score (nSPS) is 9.95. The van der Waals surface area contributed by atoms with Gasteiger partial charge in [-0.25, -0.2) is 19.0 Å². The average Bonchev–Trinajstić information content (AvgIpc) is 2.43. The Bertz CT molecular complexity index is 700. The van der Waals surface area contributed by atoms with E-state index in [1.54, 1.807) is 6.07 Å². The molecule has 0 amide bonds. The molecule has 0 atom stereocenters. The van der Waals surface area contributed by atoms with E-state index in [0.717, 1.165) is 12.1 Å². The molecule has 0 radical (unpaired) electrons. The van der Waals surface area contributed by atoms with Crippen molar-refractivity contribution in [1.82, 2.24) is 4.98 Å². The number of hydrogen-bond donors (Lipinski definition) is 2.